The van der Waals surface area contributed by atoms with Gasteiger partial charge in [0.1, 0.15) is 4.88 Å². The number of thiazole rings is 1. The highest BCUT2D eigenvalue weighted by molar-refractivity contribution is 7.91. The molecule has 136 valence electrons. The molecule has 1 atom stereocenters. The molecule has 3 rings (SSSR count). The maximum atomic E-state index is 13.0. The lowest BCUT2D eigenvalue weighted by atomic mass is 10.1. The molecule has 1 aliphatic rings. The van der Waals surface area contributed by atoms with Crippen LogP contribution >= 0.6 is 11.3 Å². The van der Waals surface area contributed by atoms with Gasteiger partial charge < -0.3 is 4.90 Å². The Morgan fingerprint density at radius 2 is 2.16 bits per heavy atom. The molecule has 1 amide bonds. The quantitative estimate of drug-likeness (QED) is 0.808. The van der Waals surface area contributed by atoms with Crippen LogP contribution in [0.5, 0.6) is 0 Å². The van der Waals surface area contributed by atoms with Gasteiger partial charge in [0.15, 0.2) is 9.84 Å². The first-order valence-corrected chi connectivity index (χ1v) is 10.9. The molecular weight excluding hydrogens is 360 g/mol. The third kappa shape index (κ3) is 3.77. The van der Waals surface area contributed by atoms with E-state index < -0.39 is 15.9 Å². The highest BCUT2D eigenvalue weighted by Crippen LogP contribution is 2.30. The van der Waals surface area contributed by atoms with Crippen molar-refractivity contribution in [3.05, 3.63) is 34.0 Å². The molecule has 0 N–H and O–H groups in total. The third-order valence-electron chi connectivity index (χ3n) is 4.28. The summed E-state index contributed by atoms with van der Waals surface area (Å²) in [6.45, 7) is 6.91. The van der Waals surface area contributed by atoms with Gasteiger partial charge in [-0.15, -0.1) is 11.3 Å². The van der Waals surface area contributed by atoms with E-state index in [1.54, 1.807) is 22.0 Å². The van der Waals surface area contributed by atoms with E-state index >= 15 is 0 Å². The zero-order valence-electron chi connectivity index (χ0n) is 14.5. The Kier molecular flexibility index (Phi) is 4.97. The predicted molar refractivity (Wildman–Crippen MR) is 96.5 cm³/mol. The molecule has 0 aliphatic carbocycles. The summed E-state index contributed by atoms with van der Waals surface area (Å²) in [6.07, 6.45) is 5.07. The minimum absolute atomic E-state index is 0.00695. The number of aromatic nitrogens is 3. The summed E-state index contributed by atoms with van der Waals surface area (Å²) < 4.78 is 26.0. The normalized spacial score (nSPS) is 20.2. The molecule has 0 saturated carbocycles. The zero-order valence-corrected chi connectivity index (χ0v) is 16.2. The number of hydrogen-bond acceptors (Lipinski definition) is 6. The summed E-state index contributed by atoms with van der Waals surface area (Å²) >= 11 is 1.38. The molecule has 0 bridgehead atoms. The van der Waals surface area contributed by atoms with Crippen LogP contribution in [0.1, 0.15) is 53.0 Å². The van der Waals surface area contributed by atoms with Crippen molar-refractivity contribution in [2.75, 3.05) is 18.1 Å². The van der Waals surface area contributed by atoms with E-state index in [-0.39, 0.29) is 29.9 Å². The van der Waals surface area contributed by atoms with E-state index in [0.29, 0.717) is 11.4 Å². The molecule has 3 heterocycles. The van der Waals surface area contributed by atoms with E-state index in [1.807, 2.05) is 27.0 Å². The lowest BCUT2D eigenvalue weighted by Crippen LogP contribution is -2.45. The molecule has 0 aromatic carbocycles. The van der Waals surface area contributed by atoms with Crippen LogP contribution in [0.25, 0.3) is 0 Å². The van der Waals surface area contributed by atoms with Crippen molar-refractivity contribution in [2.45, 2.75) is 39.3 Å². The maximum Gasteiger partial charge on any atom is 0.266 e. The van der Waals surface area contributed by atoms with Crippen LogP contribution in [0, 0.1) is 0 Å². The van der Waals surface area contributed by atoms with Gasteiger partial charge in [-0.25, -0.2) is 13.4 Å². The Hall–Kier alpha value is -1.74. The van der Waals surface area contributed by atoms with Crippen LogP contribution in [0.2, 0.25) is 0 Å². The molecule has 25 heavy (non-hydrogen) atoms. The summed E-state index contributed by atoms with van der Waals surface area (Å²) in [5.41, 5.74) is 0.757. The molecule has 1 saturated heterocycles. The first-order valence-electron chi connectivity index (χ1n) is 8.30. The second-order valence-electron chi connectivity index (χ2n) is 6.48. The third-order valence-corrected chi connectivity index (χ3v) is 7.20. The van der Waals surface area contributed by atoms with Gasteiger partial charge in [0, 0.05) is 30.8 Å². The number of aryl methyl sites for hydroxylation is 1. The van der Waals surface area contributed by atoms with E-state index in [2.05, 4.69) is 10.1 Å². The predicted octanol–water partition coefficient (Wildman–Crippen LogP) is 2.09. The number of carbonyl (C=O) groups excluding carboxylic acids is 1. The molecule has 1 aliphatic heterocycles. The lowest BCUT2D eigenvalue weighted by molar-refractivity contribution is 0.0702. The first kappa shape index (κ1) is 18.1. The SMILES string of the molecule is CCn1cc(C2CS(=O)(=O)CCN2C(=O)c2cnc(C(C)C)s2)cn1. The summed E-state index contributed by atoms with van der Waals surface area (Å²) in [4.78, 5) is 19.5. The van der Waals surface area contributed by atoms with Gasteiger partial charge in [-0.3, -0.25) is 9.48 Å². The summed E-state index contributed by atoms with van der Waals surface area (Å²) in [5, 5.41) is 5.13. The number of rotatable bonds is 4. The highest BCUT2D eigenvalue weighted by atomic mass is 32.2. The number of carbonyl (C=O) groups is 1. The number of nitrogens with zero attached hydrogens (tertiary/aromatic N) is 4. The van der Waals surface area contributed by atoms with Crippen molar-refractivity contribution >= 4 is 27.1 Å². The second-order valence-corrected chi connectivity index (χ2v) is 9.77. The van der Waals surface area contributed by atoms with Crippen molar-refractivity contribution < 1.29 is 13.2 Å². The van der Waals surface area contributed by atoms with Gasteiger partial charge in [-0.2, -0.15) is 5.10 Å². The van der Waals surface area contributed by atoms with Crippen molar-refractivity contribution in [1.29, 1.82) is 0 Å². The van der Waals surface area contributed by atoms with Crippen molar-refractivity contribution in [3.8, 4) is 0 Å². The van der Waals surface area contributed by atoms with Crippen LogP contribution in [-0.2, 0) is 16.4 Å². The Bertz CT molecular complexity index is 870. The largest absolute Gasteiger partial charge is 0.329 e. The number of amides is 1. The standard InChI is InChI=1S/C16H22N4O3S2/c1-4-19-9-12(7-18-19)13-10-25(22,23)6-5-20(13)16(21)14-8-17-15(24-14)11(2)3/h7-9,11,13H,4-6,10H2,1-3H3. The summed E-state index contributed by atoms with van der Waals surface area (Å²) in [7, 11) is -3.18. The molecule has 2 aromatic rings. The maximum absolute atomic E-state index is 13.0. The topological polar surface area (TPSA) is 85.2 Å². The zero-order chi connectivity index (χ0) is 18.2. The minimum atomic E-state index is -3.18. The van der Waals surface area contributed by atoms with E-state index in [4.69, 9.17) is 0 Å². The molecule has 2 aromatic heterocycles. The molecule has 1 fully saturated rings. The summed E-state index contributed by atoms with van der Waals surface area (Å²) in [5.74, 6) is 0.0252. The molecule has 9 heteroatoms. The number of hydrogen-bond donors (Lipinski definition) is 0. The lowest BCUT2D eigenvalue weighted by Gasteiger charge is -2.34. The van der Waals surface area contributed by atoms with Gasteiger partial charge in [0.2, 0.25) is 0 Å². The van der Waals surface area contributed by atoms with Crippen LogP contribution < -0.4 is 0 Å². The van der Waals surface area contributed by atoms with E-state index in [9.17, 15) is 13.2 Å². The molecular formula is C16H22N4O3S2. The van der Waals surface area contributed by atoms with Crippen molar-refractivity contribution in [2.24, 2.45) is 0 Å². The molecule has 0 radical (unpaired) electrons. The van der Waals surface area contributed by atoms with Gasteiger partial charge in [-0.05, 0) is 6.92 Å². The average Bonchev–Trinajstić information content (AvgIpc) is 3.23. The summed E-state index contributed by atoms with van der Waals surface area (Å²) in [6, 6.07) is -0.504. The first-order chi connectivity index (χ1) is 11.8. The van der Waals surface area contributed by atoms with Gasteiger partial charge in [-0.1, -0.05) is 13.8 Å². The number of sulfone groups is 1. The molecule has 7 nitrogen and oxygen atoms in total. The highest BCUT2D eigenvalue weighted by Gasteiger charge is 2.36. The van der Waals surface area contributed by atoms with Crippen LogP contribution in [-0.4, -0.2) is 52.0 Å². The van der Waals surface area contributed by atoms with E-state index in [1.165, 1.54) is 11.3 Å². The fourth-order valence-electron chi connectivity index (χ4n) is 2.85. The molecule has 1 unspecified atom stereocenters. The fraction of sp³-hybridized carbons (Fsp3) is 0.562. The van der Waals surface area contributed by atoms with Crippen LogP contribution in [0.15, 0.2) is 18.6 Å². The Morgan fingerprint density at radius 3 is 2.76 bits per heavy atom. The second kappa shape index (κ2) is 6.87. The van der Waals surface area contributed by atoms with Crippen molar-refractivity contribution in [1.82, 2.24) is 19.7 Å². The Morgan fingerprint density at radius 1 is 1.40 bits per heavy atom. The van der Waals surface area contributed by atoms with Crippen LogP contribution in [0.4, 0.5) is 0 Å². The smallest absolute Gasteiger partial charge is 0.266 e. The monoisotopic (exact) mass is 382 g/mol. The van der Waals surface area contributed by atoms with Crippen molar-refractivity contribution in [3.63, 3.8) is 0 Å². The van der Waals surface area contributed by atoms with Gasteiger partial charge >= 0.3 is 0 Å². The van der Waals surface area contributed by atoms with E-state index in [0.717, 1.165) is 10.6 Å². The Labute approximate surface area is 151 Å². The average molecular weight is 383 g/mol. The Balaban J connectivity index is 1.92. The molecule has 0 spiro atoms. The fourth-order valence-corrected chi connectivity index (χ4v) is 5.22. The van der Waals surface area contributed by atoms with Crippen LogP contribution in [0.3, 0.4) is 0 Å². The minimum Gasteiger partial charge on any atom is -0.329 e. The van der Waals surface area contributed by atoms with Gasteiger partial charge in [0.05, 0.1) is 34.9 Å². The van der Waals surface area contributed by atoms with Gasteiger partial charge in [0.25, 0.3) is 5.91 Å².